The van der Waals surface area contributed by atoms with Crippen molar-refractivity contribution in [3.63, 3.8) is 0 Å². The molecular weight excluding hydrogens is 258 g/mol. The number of aromatic nitrogens is 3. The van der Waals surface area contributed by atoms with Crippen LogP contribution in [0.1, 0.15) is 30.0 Å². The molecule has 0 aliphatic heterocycles. The minimum Gasteiger partial charge on any atom is -0.461 e. The average molecular weight is 273 g/mol. The SMILES string of the molecule is CC(=O)OCc1ccccc1-c1nc(C)n(C(C)=O)n1. The molecule has 0 atom stereocenters. The summed E-state index contributed by atoms with van der Waals surface area (Å²) < 4.78 is 6.25. The first kappa shape index (κ1) is 13.9. The lowest BCUT2D eigenvalue weighted by atomic mass is 10.1. The maximum absolute atomic E-state index is 11.4. The van der Waals surface area contributed by atoms with E-state index in [-0.39, 0.29) is 18.5 Å². The van der Waals surface area contributed by atoms with Crippen LogP contribution in [0.25, 0.3) is 11.4 Å². The first-order valence-corrected chi connectivity index (χ1v) is 6.15. The third-order valence-electron chi connectivity index (χ3n) is 2.76. The Kier molecular flexibility index (Phi) is 3.93. The van der Waals surface area contributed by atoms with Crippen molar-refractivity contribution in [3.8, 4) is 11.4 Å². The number of aryl methyl sites for hydroxylation is 1. The zero-order valence-electron chi connectivity index (χ0n) is 11.6. The Morgan fingerprint density at radius 3 is 2.55 bits per heavy atom. The Bertz CT molecular complexity index is 661. The second-order valence-corrected chi connectivity index (χ2v) is 4.35. The number of carbonyl (C=O) groups is 2. The number of carbonyl (C=O) groups excluding carboxylic acids is 2. The van der Waals surface area contributed by atoms with Crippen LogP contribution < -0.4 is 0 Å². The third-order valence-corrected chi connectivity index (χ3v) is 2.76. The highest BCUT2D eigenvalue weighted by atomic mass is 16.5. The van der Waals surface area contributed by atoms with Gasteiger partial charge in [-0.3, -0.25) is 9.59 Å². The van der Waals surface area contributed by atoms with E-state index in [4.69, 9.17) is 4.74 Å². The highest BCUT2D eigenvalue weighted by Crippen LogP contribution is 2.21. The van der Waals surface area contributed by atoms with Gasteiger partial charge in [0.25, 0.3) is 0 Å². The Hall–Kier alpha value is -2.50. The van der Waals surface area contributed by atoms with Crippen molar-refractivity contribution in [3.05, 3.63) is 35.7 Å². The van der Waals surface area contributed by atoms with E-state index in [9.17, 15) is 9.59 Å². The Labute approximate surface area is 116 Å². The van der Waals surface area contributed by atoms with Crippen LogP contribution in [-0.2, 0) is 16.1 Å². The molecule has 2 rings (SSSR count). The van der Waals surface area contributed by atoms with E-state index in [1.54, 1.807) is 6.92 Å². The minimum absolute atomic E-state index is 0.152. The normalized spacial score (nSPS) is 10.3. The number of hydrogen-bond acceptors (Lipinski definition) is 5. The van der Waals surface area contributed by atoms with Crippen molar-refractivity contribution in [2.45, 2.75) is 27.4 Å². The summed E-state index contributed by atoms with van der Waals surface area (Å²) in [6.45, 7) is 4.65. The molecule has 104 valence electrons. The van der Waals surface area contributed by atoms with Gasteiger partial charge in [0.15, 0.2) is 5.82 Å². The lowest BCUT2D eigenvalue weighted by molar-refractivity contribution is -0.142. The number of rotatable bonds is 3. The molecule has 0 amide bonds. The predicted octanol–water partition coefficient (Wildman–Crippen LogP) is 1.98. The molecular formula is C14H15N3O3. The zero-order chi connectivity index (χ0) is 14.7. The molecule has 1 aromatic carbocycles. The van der Waals surface area contributed by atoms with E-state index in [1.165, 1.54) is 18.5 Å². The van der Waals surface area contributed by atoms with Crippen LogP contribution in [0.3, 0.4) is 0 Å². The Morgan fingerprint density at radius 1 is 1.25 bits per heavy atom. The number of esters is 1. The summed E-state index contributed by atoms with van der Waals surface area (Å²) >= 11 is 0. The Morgan fingerprint density at radius 2 is 1.95 bits per heavy atom. The fraction of sp³-hybridized carbons (Fsp3) is 0.286. The first-order chi connectivity index (χ1) is 9.49. The monoisotopic (exact) mass is 273 g/mol. The van der Waals surface area contributed by atoms with Gasteiger partial charge in [0.1, 0.15) is 12.4 Å². The van der Waals surface area contributed by atoms with E-state index in [1.807, 2.05) is 24.3 Å². The van der Waals surface area contributed by atoms with E-state index < -0.39 is 0 Å². The fourth-order valence-corrected chi connectivity index (χ4v) is 1.85. The van der Waals surface area contributed by atoms with Crippen molar-refractivity contribution in [1.82, 2.24) is 14.8 Å². The molecule has 20 heavy (non-hydrogen) atoms. The lowest BCUT2D eigenvalue weighted by Crippen LogP contribution is -2.09. The summed E-state index contributed by atoms with van der Waals surface area (Å²) in [7, 11) is 0. The van der Waals surface area contributed by atoms with Crippen molar-refractivity contribution < 1.29 is 14.3 Å². The van der Waals surface area contributed by atoms with Gasteiger partial charge in [-0.05, 0) is 6.92 Å². The summed E-state index contributed by atoms with van der Waals surface area (Å²) in [5, 5.41) is 4.18. The number of hydrogen-bond donors (Lipinski definition) is 0. The summed E-state index contributed by atoms with van der Waals surface area (Å²) in [5.74, 6) is 0.423. The van der Waals surface area contributed by atoms with Crippen molar-refractivity contribution >= 4 is 11.9 Å². The van der Waals surface area contributed by atoms with E-state index in [0.717, 1.165) is 11.1 Å². The summed E-state index contributed by atoms with van der Waals surface area (Å²) in [6, 6.07) is 7.35. The standard InChI is InChI=1S/C14H15N3O3/c1-9-15-14(16-17(9)10(2)18)13-7-5-4-6-12(13)8-20-11(3)19/h4-7H,8H2,1-3H3. The molecule has 1 aromatic heterocycles. The minimum atomic E-state index is -0.349. The third kappa shape index (κ3) is 2.90. The van der Waals surface area contributed by atoms with Gasteiger partial charge in [0.05, 0.1) is 0 Å². The molecule has 0 aliphatic carbocycles. The number of benzene rings is 1. The summed E-state index contributed by atoms with van der Waals surface area (Å²) in [4.78, 5) is 26.6. The van der Waals surface area contributed by atoms with Crippen molar-refractivity contribution in [2.75, 3.05) is 0 Å². The molecule has 0 radical (unpaired) electrons. The maximum atomic E-state index is 11.4. The molecule has 0 aliphatic rings. The molecule has 0 fully saturated rings. The molecule has 2 aromatic rings. The van der Waals surface area contributed by atoms with Crippen LogP contribution in [0.15, 0.2) is 24.3 Å². The second kappa shape index (κ2) is 5.64. The van der Waals surface area contributed by atoms with Crippen molar-refractivity contribution in [2.24, 2.45) is 0 Å². The van der Waals surface area contributed by atoms with Gasteiger partial charge in [-0.2, -0.15) is 4.68 Å². The summed E-state index contributed by atoms with van der Waals surface area (Å²) in [5.41, 5.74) is 1.54. The second-order valence-electron chi connectivity index (χ2n) is 4.35. The fourth-order valence-electron chi connectivity index (χ4n) is 1.85. The van der Waals surface area contributed by atoms with Crippen LogP contribution >= 0.6 is 0 Å². The van der Waals surface area contributed by atoms with Gasteiger partial charge in [-0.1, -0.05) is 24.3 Å². The Balaban J connectivity index is 2.39. The van der Waals surface area contributed by atoms with Crippen LogP contribution in [0.5, 0.6) is 0 Å². The van der Waals surface area contributed by atoms with E-state index in [0.29, 0.717) is 11.6 Å². The zero-order valence-corrected chi connectivity index (χ0v) is 11.6. The van der Waals surface area contributed by atoms with Crippen LogP contribution in [0.4, 0.5) is 0 Å². The number of nitrogens with zero attached hydrogens (tertiary/aromatic N) is 3. The van der Waals surface area contributed by atoms with E-state index in [2.05, 4.69) is 10.1 Å². The highest BCUT2D eigenvalue weighted by molar-refractivity contribution is 5.76. The van der Waals surface area contributed by atoms with Crippen LogP contribution in [-0.4, -0.2) is 26.6 Å². The molecule has 0 bridgehead atoms. The molecule has 6 nitrogen and oxygen atoms in total. The van der Waals surface area contributed by atoms with Gasteiger partial charge in [-0.25, -0.2) is 4.98 Å². The largest absolute Gasteiger partial charge is 0.461 e. The number of ether oxygens (including phenoxy) is 1. The maximum Gasteiger partial charge on any atom is 0.302 e. The summed E-state index contributed by atoms with van der Waals surface area (Å²) in [6.07, 6.45) is 0. The quantitative estimate of drug-likeness (QED) is 0.799. The smallest absolute Gasteiger partial charge is 0.302 e. The van der Waals surface area contributed by atoms with Gasteiger partial charge in [0.2, 0.25) is 5.91 Å². The molecule has 0 saturated carbocycles. The van der Waals surface area contributed by atoms with Gasteiger partial charge < -0.3 is 4.74 Å². The predicted molar refractivity (Wildman–Crippen MR) is 72.0 cm³/mol. The van der Waals surface area contributed by atoms with E-state index >= 15 is 0 Å². The molecule has 1 heterocycles. The topological polar surface area (TPSA) is 74.1 Å². The molecule has 6 heteroatoms. The lowest BCUT2D eigenvalue weighted by Gasteiger charge is -2.06. The van der Waals surface area contributed by atoms with Gasteiger partial charge >= 0.3 is 5.97 Å². The highest BCUT2D eigenvalue weighted by Gasteiger charge is 2.14. The molecule has 0 spiro atoms. The molecule has 0 unspecified atom stereocenters. The van der Waals surface area contributed by atoms with Crippen molar-refractivity contribution in [1.29, 1.82) is 0 Å². The molecule has 0 N–H and O–H groups in total. The van der Waals surface area contributed by atoms with Crippen LogP contribution in [0.2, 0.25) is 0 Å². The first-order valence-electron chi connectivity index (χ1n) is 6.15. The van der Waals surface area contributed by atoms with Gasteiger partial charge in [-0.15, -0.1) is 5.10 Å². The van der Waals surface area contributed by atoms with Gasteiger partial charge in [0, 0.05) is 25.0 Å². The molecule has 0 saturated heterocycles. The van der Waals surface area contributed by atoms with Crippen LogP contribution in [0, 0.1) is 6.92 Å². The average Bonchev–Trinajstić information content (AvgIpc) is 2.79.